The van der Waals surface area contributed by atoms with Crippen LogP contribution in [0.2, 0.25) is 0 Å². The van der Waals surface area contributed by atoms with E-state index in [-0.39, 0.29) is 19.8 Å². The van der Waals surface area contributed by atoms with Gasteiger partial charge in [0, 0.05) is 673 Å². The van der Waals surface area contributed by atoms with Crippen LogP contribution in [0.4, 0.5) is 0 Å². The number of carbonyl (C=O) groups is 1. The van der Waals surface area contributed by atoms with Crippen LogP contribution in [0.15, 0.2) is 42.7 Å². The molecule has 0 aliphatic heterocycles. The number of aliphatic hydroxyl groups is 1. The number of carbonyl (C=O) groups excluding carboxylic acids is 1. The fraction of sp³-hybridized carbons (Fsp3) is 0.480. The largest absolute Gasteiger partial charge is 0.449 e. The molecule has 0 saturated heterocycles. The number of rotatable bonds is 7. The second-order valence-electron chi connectivity index (χ2n) is 12.0. The molecule has 632 valence electrons. The molecule has 108 heavy (non-hydrogen) atoms. The zero-order valence-corrected chi connectivity index (χ0v) is 110. The van der Waals surface area contributed by atoms with Gasteiger partial charge in [0.05, 0.1) is 30.8 Å². The molecule has 4 rings (SSSR count). The number of hydrogen-bond acceptors (Lipinski definition) is 18. The Labute approximate surface area is 842 Å². The molecule has 1 unspecified atom stereocenters. The van der Waals surface area contributed by atoms with Crippen molar-refractivity contribution >= 4 is 656 Å². The van der Waals surface area contributed by atoms with E-state index >= 15 is 0 Å². The van der Waals surface area contributed by atoms with Crippen molar-refractivity contribution in [2.45, 2.75) is 67.1 Å². The number of aliphatic hydroxyl groups excluding tert-OH is 1. The number of aryl methyl sites for hydroxylation is 4. The van der Waals surface area contributed by atoms with Gasteiger partial charge in [0.1, 0.15) is 36.4 Å². The van der Waals surface area contributed by atoms with Crippen molar-refractivity contribution in [3.8, 4) is 0 Å². The lowest BCUT2D eigenvalue weighted by atomic mass is 10.3. The molecule has 0 amide bonds. The summed E-state index contributed by atoms with van der Waals surface area (Å²) in [6, 6.07) is 0. The lowest BCUT2D eigenvalue weighted by Crippen LogP contribution is -1.92. The smallest absolute Gasteiger partial charge is 0.206 e. The molecule has 0 radical (unpaired) electrons. The predicted octanol–water partition coefficient (Wildman–Crippen LogP) is 6.44. The third-order valence-electron chi connectivity index (χ3n) is 5.80. The first-order valence-electron chi connectivity index (χ1n) is 22.4. The van der Waals surface area contributed by atoms with E-state index in [2.05, 4.69) is 35.9 Å². The molecule has 12 nitrogen and oxygen atoms in total. The van der Waals surface area contributed by atoms with Crippen molar-refractivity contribution in [3.05, 3.63) is 71.4 Å². The van der Waals surface area contributed by atoms with E-state index in [1.54, 1.807) is 478 Å². The van der Waals surface area contributed by atoms with Crippen molar-refractivity contribution < 1.29 is 36.7 Å². The van der Waals surface area contributed by atoms with Crippen LogP contribution in [0.5, 0.6) is 0 Å². The van der Waals surface area contributed by atoms with Gasteiger partial charge >= 0.3 is 0 Å². The minimum absolute atomic E-state index is 0. The maximum Gasteiger partial charge on any atom is 0.206 e. The van der Waals surface area contributed by atoms with E-state index in [4.69, 9.17) is 94.4 Å². The highest BCUT2D eigenvalue weighted by molar-refractivity contribution is 9.08. The lowest BCUT2D eigenvalue weighted by Gasteiger charge is -2.09. The number of oxazole rings is 4. The molecule has 0 aliphatic carbocycles. The van der Waals surface area contributed by atoms with Crippen molar-refractivity contribution in [3.63, 3.8) is 0 Å². The Bertz CT molecular complexity index is 6470. The second-order valence-corrected chi connectivity index (χ2v) is 127. The molecule has 0 fully saturated rings. The highest BCUT2D eigenvalue weighted by Crippen LogP contribution is 2.45. The fourth-order valence-corrected chi connectivity index (χ4v) is 161. The van der Waals surface area contributed by atoms with Crippen LogP contribution < -0.4 is 0 Å². The number of alkyl halides is 1. The van der Waals surface area contributed by atoms with Crippen LogP contribution in [0, 0.1) is 27.7 Å². The number of hydrogen-bond donors (Lipinski definition) is 1. The summed E-state index contributed by atoms with van der Waals surface area (Å²) in [7, 11) is 106. The predicted molar refractivity (Wildman–Crippen MR) is 657 cm³/mol. The summed E-state index contributed by atoms with van der Waals surface area (Å²) in [6.07, 6.45) is 6.31. The van der Waals surface area contributed by atoms with Crippen LogP contribution in [0.1, 0.15) is 72.4 Å². The average Bonchev–Trinajstić information content (AvgIpc) is 1.73. The van der Waals surface area contributed by atoms with Crippen molar-refractivity contribution in [2.24, 2.45) is 0 Å². The number of Topliss-reactive ketones (excluding diaryl/α,β-unsaturated/α-hetero) is 1. The van der Waals surface area contributed by atoms with E-state index in [0.717, 1.165) is 16.9 Å². The molecular weight excluding hydrogens is 2810 g/mol. The molecule has 1 atom stereocenters. The number of ketones is 1. The minimum Gasteiger partial charge on any atom is -0.449 e. The summed E-state index contributed by atoms with van der Waals surface area (Å²) in [6.45, 7) is 12.3. The molecule has 0 bridgehead atoms. The Balaban J connectivity index is -0.000000606. The molecule has 0 saturated carbocycles. The van der Waals surface area contributed by atoms with Crippen molar-refractivity contribution in [2.75, 3.05) is 13.3 Å². The molecule has 1 N–H and O–H groups in total. The average molecular weight is 2850 g/mol. The third-order valence-corrected chi connectivity index (χ3v) is 141. The Kier molecular flexibility index (Phi) is 125. The zero-order chi connectivity index (χ0) is 79.3. The van der Waals surface area contributed by atoms with Crippen LogP contribution in [0.25, 0.3) is 0 Å². The highest BCUT2D eigenvalue weighted by Gasteiger charge is 2.18. The van der Waals surface area contributed by atoms with Crippen molar-refractivity contribution in [1.29, 1.82) is 0 Å². The van der Waals surface area contributed by atoms with Gasteiger partial charge in [-0.2, -0.15) is 0 Å². The van der Waals surface area contributed by atoms with Crippen molar-refractivity contribution in [1.82, 2.24) is 19.9 Å². The molecular formula is C25H38BrN4O8PS69. The third kappa shape index (κ3) is 104. The molecule has 4 aromatic rings. The molecule has 0 aromatic carbocycles. The van der Waals surface area contributed by atoms with Crippen LogP contribution >= 0.6 is 23.3 Å². The maximum absolute atomic E-state index is 11.7. The quantitative estimate of drug-likeness (QED) is 0.122. The molecule has 4 heterocycles. The monoisotopic (exact) mass is 2840 g/mol. The Morgan fingerprint density at radius 3 is 0.667 bits per heavy atom. The first kappa shape index (κ1) is 127. The molecule has 4 aromatic heterocycles. The molecule has 0 aliphatic rings. The van der Waals surface area contributed by atoms with Gasteiger partial charge in [0.2, 0.25) is 7.37 Å². The summed E-state index contributed by atoms with van der Waals surface area (Å²) >= 11 is 31.9. The first-order chi connectivity index (χ1) is 52.1. The van der Waals surface area contributed by atoms with Crippen LogP contribution in [-0.2, 0) is 654 Å². The Morgan fingerprint density at radius 2 is 0.546 bits per heavy atom. The van der Waals surface area contributed by atoms with E-state index in [0.29, 0.717) is 47.5 Å². The van der Waals surface area contributed by atoms with E-state index in [1.165, 1.54) is 79.0 Å². The first-order valence-corrected chi connectivity index (χ1v) is 114. The van der Waals surface area contributed by atoms with Gasteiger partial charge in [-0.15, -0.1) is 0 Å². The summed E-state index contributed by atoms with van der Waals surface area (Å²) in [5, 5.41) is 9.20. The molecule has 83 heteroatoms. The highest BCUT2D eigenvalue weighted by atomic mass is 79.9. The van der Waals surface area contributed by atoms with Gasteiger partial charge < -0.3 is 27.3 Å². The van der Waals surface area contributed by atoms with Gasteiger partial charge in [0.25, 0.3) is 0 Å². The lowest BCUT2D eigenvalue weighted by molar-refractivity contribution is 0.101. The number of aromatic nitrogens is 4. The van der Waals surface area contributed by atoms with Gasteiger partial charge in [-0.05, 0) is 6.92 Å². The topological polar surface area (TPSA) is 168 Å². The van der Waals surface area contributed by atoms with Crippen LogP contribution in [-0.4, -0.2) is 44.1 Å². The summed E-state index contributed by atoms with van der Waals surface area (Å²) in [4.78, 5) is 26.2. The van der Waals surface area contributed by atoms with E-state index < -0.39 is 7.37 Å². The summed E-state index contributed by atoms with van der Waals surface area (Å²) in [5.41, 5.74) is 2.62. The molecule has 0 spiro atoms. The number of nitrogens with zero attached hydrogens (tertiary/aromatic N) is 4. The Morgan fingerprint density at radius 1 is 0.361 bits per heavy atom. The minimum atomic E-state index is -2.52. The number of halogens is 1. The van der Waals surface area contributed by atoms with Crippen LogP contribution in [0.3, 0.4) is 0 Å². The zero-order valence-electron chi connectivity index (χ0n) is 50.7. The van der Waals surface area contributed by atoms with Gasteiger partial charge in [-0.1, -0.05) is 23.4 Å². The van der Waals surface area contributed by atoms with Gasteiger partial charge in [-0.25, -0.2) is 19.9 Å². The second kappa shape index (κ2) is 106. The Hall–Kier alpha value is 12.3. The fourth-order valence-electron chi connectivity index (χ4n) is 3.22. The SMILES string of the molecule is C.CC(=O)c1coc(C)n1.CCOP(C)(=O)Cc1coc(C)n1.Cc1nc(CBr)co1.Cc1nc(CO)co1.S=S=S=S=S=S=S=S=S=S=S=S=S=S=S=S=S=S=S=S=S=S.S=S=S=S=S=S=S=S=S=S=S=S=S=S=S=S=S=S=S=S=S=S=S.S=S=S=S=S=S=S=S=S=S=S=S=S=S=S=S=S=S=S=S=S=S=S=S. The summed E-state index contributed by atoms with van der Waals surface area (Å²) < 4.78 is 36.3. The normalized spacial score (nSPS) is 8.90. The maximum atomic E-state index is 11.7. The standard InChI is InChI=1S/C8H14NO3P.C6H7NO2.C5H6BrNO.C5H7NO2.CH4.S24.S23.S22/c1-4-12-13(3,10)6-8-5-11-7(2)9-8;1-4(8)6-3-9-5(2)7-6;1-4-7-5(2-6)3-8-4;1-4-6-5(2-7)3-8-4;;1-3-5-7-9-11-13-15-17-19-21-23-24-22-20-18-16-14-12-10-8-6-4-2;1-3-5-7-9-11-13-15-17-19-21-23-22-20-18-16-14-12-10-8-6-4-2;1-3-5-7-9-11-13-15-17-19-21-22-20-18-16-14-12-10-8-6-4-2/h5H,4,6H2,1-3H3;3H,1-2H3;3H,2H2,1H3;3,7H,2H2,1H3;1H4;;;. The van der Waals surface area contributed by atoms with Gasteiger partial charge in [0.15, 0.2) is 29.3 Å². The van der Waals surface area contributed by atoms with E-state index in [1.807, 2.05) is 76.0 Å². The van der Waals surface area contributed by atoms with E-state index in [9.17, 15) is 9.36 Å². The summed E-state index contributed by atoms with van der Waals surface area (Å²) in [5.74, 6) is 2.37. The van der Waals surface area contributed by atoms with Gasteiger partial charge in [-0.3, -0.25) is 9.36 Å².